The fraction of sp³-hybridized carbons (Fsp3) is 0.231. The number of hydrogen-bond acceptors (Lipinski definition) is 4. The van der Waals surface area contributed by atoms with E-state index in [0.717, 1.165) is 5.56 Å². The van der Waals surface area contributed by atoms with Crippen LogP contribution in [-0.2, 0) is 23.1 Å². The number of hydrogen-bond donors (Lipinski definition) is 1. The van der Waals surface area contributed by atoms with Crippen molar-refractivity contribution >= 4 is 33.2 Å². The SMILES string of the molecule is CN(Cc1ccoc1)S(=O)(=O)c1cc(CN)c(Cl)cc1Cl. The van der Waals surface area contributed by atoms with E-state index in [1.165, 1.54) is 36.0 Å². The van der Waals surface area contributed by atoms with Crippen molar-refractivity contribution in [1.82, 2.24) is 4.31 Å². The van der Waals surface area contributed by atoms with E-state index in [2.05, 4.69) is 0 Å². The first-order chi connectivity index (χ1) is 9.86. The largest absolute Gasteiger partial charge is 0.472 e. The van der Waals surface area contributed by atoms with Gasteiger partial charge in [-0.05, 0) is 23.8 Å². The summed E-state index contributed by atoms with van der Waals surface area (Å²) in [6, 6.07) is 4.50. The summed E-state index contributed by atoms with van der Waals surface area (Å²) >= 11 is 12.0. The van der Waals surface area contributed by atoms with Crippen molar-refractivity contribution in [1.29, 1.82) is 0 Å². The van der Waals surface area contributed by atoms with Gasteiger partial charge < -0.3 is 10.2 Å². The lowest BCUT2D eigenvalue weighted by Gasteiger charge is -2.18. The Morgan fingerprint density at radius 3 is 2.57 bits per heavy atom. The molecular formula is C13H14Cl2N2O3S. The van der Waals surface area contributed by atoms with Crippen molar-refractivity contribution in [3.05, 3.63) is 51.9 Å². The summed E-state index contributed by atoms with van der Waals surface area (Å²) in [6.45, 7) is 0.305. The second-order valence-electron chi connectivity index (χ2n) is 4.47. The lowest BCUT2D eigenvalue weighted by Crippen LogP contribution is -2.26. The van der Waals surface area contributed by atoms with Gasteiger partial charge in [-0.1, -0.05) is 23.2 Å². The normalized spacial score (nSPS) is 12.0. The molecule has 2 N–H and O–H groups in total. The number of halogens is 2. The number of nitrogens with zero attached hydrogens (tertiary/aromatic N) is 1. The highest BCUT2D eigenvalue weighted by atomic mass is 35.5. The van der Waals surface area contributed by atoms with Crippen LogP contribution in [0.1, 0.15) is 11.1 Å². The van der Waals surface area contributed by atoms with Gasteiger partial charge in [-0.15, -0.1) is 0 Å². The average Bonchev–Trinajstić information content (AvgIpc) is 2.91. The standard InChI is InChI=1S/C13H14Cl2N2O3S/c1-17(7-9-2-3-20-8-9)21(18,19)13-4-10(6-16)11(14)5-12(13)15/h2-5,8H,6-7,16H2,1H3. The second kappa shape index (κ2) is 6.37. The Morgan fingerprint density at radius 1 is 1.29 bits per heavy atom. The van der Waals surface area contributed by atoms with E-state index in [-0.39, 0.29) is 23.0 Å². The van der Waals surface area contributed by atoms with Crippen molar-refractivity contribution in [2.45, 2.75) is 18.0 Å². The molecule has 2 aromatic rings. The molecular weight excluding hydrogens is 335 g/mol. The molecule has 2 rings (SSSR count). The molecule has 0 unspecified atom stereocenters. The first kappa shape index (κ1) is 16.3. The van der Waals surface area contributed by atoms with Crippen LogP contribution in [0.15, 0.2) is 40.0 Å². The Hall–Kier alpha value is -1.05. The molecule has 0 saturated heterocycles. The fourth-order valence-corrected chi connectivity index (χ4v) is 3.82. The van der Waals surface area contributed by atoms with Crippen LogP contribution in [0.5, 0.6) is 0 Å². The third-order valence-electron chi connectivity index (χ3n) is 2.99. The molecule has 0 fully saturated rings. The molecule has 8 heteroatoms. The highest BCUT2D eigenvalue weighted by Gasteiger charge is 2.25. The van der Waals surface area contributed by atoms with Crippen molar-refractivity contribution in [2.75, 3.05) is 7.05 Å². The maximum absolute atomic E-state index is 12.6. The number of furan rings is 1. The first-order valence-corrected chi connectivity index (χ1v) is 8.21. The van der Waals surface area contributed by atoms with E-state index in [0.29, 0.717) is 10.6 Å². The molecule has 0 atom stereocenters. The summed E-state index contributed by atoms with van der Waals surface area (Å²) < 4.78 is 31.3. The lowest BCUT2D eigenvalue weighted by molar-refractivity contribution is 0.463. The maximum Gasteiger partial charge on any atom is 0.244 e. The van der Waals surface area contributed by atoms with Gasteiger partial charge in [0.1, 0.15) is 4.90 Å². The third-order valence-corrected chi connectivity index (χ3v) is 5.61. The topological polar surface area (TPSA) is 76.5 Å². The van der Waals surface area contributed by atoms with E-state index in [9.17, 15) is 8.42 Å². The zero-order valence-corrected chi connectivity index (χ0v) is 13.5. The summed E-state index contributed by atoms with van der Waals surface area (Å²) in [7, 11) is -2.28. The maximum atomic E-state index is 12.6. The Labute approximate surface area is 133 Å². The van der Waals surface area contributed by atoms with Gasteiger partial charge in [0.2, 0.25) is 10.0 Å². The van der Waals surface area contributed by atoms with Crippen LogP contribution in [0.2, 0.25) is 10.0 Å². The molecule has 1 heterocycles. The van der Waals surface area contributed by atoms with Crippen LogP contribution in [0.25, 0.3) is 0 Å². The van der Waals surface area contributed by atoms with E-state index in [1.54, 1.807) is 6.07 Å². The second-order valence-corrected chi connectivity index (χ2v) is 7.30. The Kier molecular flexibility index (Phi) is 4.95. The quantitative estimate of drug-likeness (QED) is 0.901. The minimum Gasteiger partial charge on any atom is -0.472 e. The summed E-state index contributed by atoms with van der Waals surface area (Å²) in [5.41, 5.74) is 6.82. The Bertz CT molecular complexity index is 730. The number of sulfonamides is 1. The van der Waals surface area contributed by atoms with Crippen LogP contribution < -0.4 is 5.73 Å². The van der Waals surface area contributed by atoms with E-state index in [1.807, 2.05) is 0 Å². The highest BCUT2D eigenvalue weighted by molar-refractivity contribution is 7.89. The van der Waals surface area contributed by atoms with Gasteiger partial charge in [0.15, 0.2) is 0 Å². The minimum absolute atomic E-state index is 0.0139. The predicted molar refractivity (Wildman–Crippen MR) is 81.7 cm³/mol. The molecule has 0 amide bonds. The van der Waals surface area contributed by atoms with Gasteiger partial charge in [0, 0.05) is 30.7 Å². The molecule has 0 aliphatic heterocycles. The molecule has 114 valence electrons. The molecule has 21 heavy (non-hydrogen) atoms. The highest BCUT2D eigenvalue weighted by Crippen LogP contribution is 2.30. The molecule has 0 aliphatic rings. The summed E-state index contributed by atoms with van der Waals surface area (Å²) in [6.07, 6.45) is 2.97. The molecule has 1 aromatic heterocycles. The molecule has 0 aliphatic carbocycles. The van der Waals surface area contributed by atoms with Gasteiger partial charge in [-0.2, -0.15) is 4.31 Å². The van der Waals surface area contributed by atoms with Gasteiger partial charge in [0.25, 0.3) is 0 Å². The number of benzene rings is 1. The Morgan fingerprint density at radius 2 is 2.00 bits per heavy atom. The molecule has 0 bridgehead atoms. The van der Waals surface area contributed by atoms with Crippen LogP contribution in [0.3, 0.4) is 0 Å². The summed E-state index contributed by atoms with van der Waals surface area (Å²) in [4.78, 5) is -0.0139. The van der Waals surface area contributed by atoms with Crippen LogP contribution in [0.4, 0.5) is 0 Å². The van der Waals surface area contributed by atoms with E-state index < -0.39 is 10.0 Å². The van der Waals surface area contributed by atoms with E-state index in [4.69, 9.17) is 33.4 Å². The van der Waals surface area contributed by atoms with Gasteiger partial charge in [0.05, 0.1) is 17.5 Å². The zero-order chi connectivity index (χ0) is 15.6. The average molecular weight is 349 g/mol. The van der Waals surface area contributed by atoms with Crippen molar-refractivity contribution < 1.29 is 12.8 Å². The number of rotatable bonds is 5. The fourth-order valence-electron chi connectivity index (χ4n) is 1.82. The molecule has 0 spiro atoms. The molecule has 1 aromatic carbocycles. The van der Waals surface area contributed by atoms with E-state index >= 15 is 0 Å². The first-order valence-electron chi connectivity index (χ1n) is 6.01. The predicted octanol–water partition coefficient (Wildman–Crippen LogP) is 2.87. The zero-order valence-electron chi connectivity index (χ0n) is 11.2. The molecule has 0 radical (unpaired) electrons. The molecule has 0 saturated carbocycles. The van der Waals surface area contributed by atoms with Crippen molar-refractivity contribution in [3.8, 4) is 0 Å². The summed E-state index contributed by atoms with van der Waals surface area (Å²) in [5.74, 6) is 0. The molecule has 5 nitrogen and oxygen atoms in total. The van der Waals surface area contributed by atoms with Gasteiger partial charge in [-0.25, -0.2) is 8.42 Å². The van der Waals surface area contributed by atoms with Crippen LogP contribution >= 0.6 is 23.2 Å². The van der Waals surface area contributed by atoms with Crippen molar-refractivity contribution in [3.63, 3.8) is 0 Å². The summed E-state index contributed by atoms with van der Waals surface area (Å²) in [5, 5.41) is 0.412. The smallest absolute Gasteiger partial charge is 0.244 e. The lowest BCUT2D eigenvalue weighted by atomic mass is 10.2. The van der Waals surface area contributed by atoms with Gasteiger partial charge >= 0.3 is 0 Å². The monoisotopic (exact) mass is 348 g/mol. The van der Waals surface area contributed by atoms with Crippen molar-refractivity contribution in [2.24, 2.45) is 5.73 Å². The van der Waals surface area contributed by atoms with Crippen LogP contribution in [-0.4, -0.2) is 19.8 Å². The minimum atomic E-state index is -3.75. The van der Waals surface area contributed by atoms with Gasteiger partial charge in [-0.3, -0.25) is 0 Å². The van der Waals surface area contributed by atoms with Crippen LogP contribution in [0, 0.1) is 0 Å². The third kappa shape index (κ3) is 3.41. The number of nitrogens with two attached hydrogens (primary N) is 1. The Balaban J connectivity index is 2.39.